The monoisotopic (exact) mass is 355 g/mol. The van der Waals surface area contributed by atoms with Gasteiger partial charge in [-0.05, 0) is 65.3 Å². The van der Waals surface area contributed by atoms with E-state index in [9.17, 15) is 0 Å². The topological polar surface area (TPSA) is 37.0 Å². The smallest absolute Gasteiger partial charge is 0.171 e. The van der Waals surface area contributed by atoms with Gasteiger partial charge in [0.15, 0.2) is 5.11 Å². The molecule has 2 aromatic heterocycles. The summed E-state index contributed by atoms with van der Waals surface area (Å²) in [5.41, 5.74) is 1.13. The zero-order valence-electron chi connectivity index (χ0n) is 10.4. The van der Waals surface area contributed by atoms with E-state index >= 15 is 0 Å². The van der Waals surface area contributed by atoms with Gasteiger partial charge in [-0.2, -0.15) is 0 Å². The minimum absolute atomic E-state index is 0.604. The Kier molecular flexibility index (Phi) is 5.30. The molecule has 2 heterocycles. The predicted molar refractivity (Wildman–Crippen MR) is 88.9 cm³/mol. The van der Waals surface area contributed by atoms with Crippen molar-refractivity contribution in [1.29, 1.82) is 0 Å². The average Bonchev–Trinajstić information content (AvgIpc) is 2.78. The van der Waals surface area contributed by atoms with Crippen molar-refractivity contribution < 1.29 is 0 Å². The molecule has 0 saturated carbocycles. The number of nitrogens with one attached hydrogen (secondary N) is 2. The second-order valence-corrected chi connectivity index (χ2v) is 7.01. The molecular weight excluding hydrogens is 342 g/mol. The molecule has 2 aromatic rings. The number of aryl methyl sites for hydroxylation is 1. The number of hydrogen-bond donors (Lipinski definition) is 2. The van der Waals surface area contributed by atoms with Gasteiger partial charge < -0.3 is 10.6 Å². The number of aromatic nitrogens is 1. The van der Waals surface area contributed by atoms with Gasteiger partial charge in [-0.1, -0.05) is 6.07 Å². The first-order valence-electron chi connectivity index (χ1n) is 5.85. The van der Waals surface area contributed by atoms with Crippen LogP contribution in [0.5, 0.6) is 0 Å². The number of thiocarbonyl (C=S) groups is 1. The Hall–Kier alpha value is -0.980. The van der Waals surface area contributed by atoms with E-state index in [-0.39, 0.29) is 0 Å². The Labute approximate surface area is 130 Å². The Balaban J connectivity index is 1.74. The second-order valence-electron chi connectivity index (χ2n) is 4.06. The van der Waals surface area contributed by atoms with Crippen molar-refractivity contribution in [2.45, 2.75) is 13.3 Å². The van der Waals surface area contributed by atoms with Crippen LogP contribution >= 0.6 is 39.5 Å². The number of pyridine rings is 1. The summed E-state index contributed by atoms with van der Waals surface area (Å²) in [4.78, 5) is 5.57. The fourth-order valence-electron chi connectivity index (χ4n) is 1.49. The number of rotatable bonds is 4. The van der Waals surface area contributed by atoms with Crippen LogP contribution < -0.4 is 10.6 Å². The third-order valence-corrected chi connectivity index (χ3v) is 4.37. The van der Waals surface area contributed by atoms with Crippen LogP contribution in [-0.2, 0) is 6.42 Å². The molecule has 0 saturated heterocycles. The summed E-state index contributed by atoms with van der Waals surface area (Å²) >= 11 is 10.4. The Morgan fingerprint density at radius 2 is 2.21 bits per heavy atom. The van der Waals surface area contributed by atoms with Gasteiger partial charge >= 0.3 is 0 Å². The Bertz CT molecular complexity index is 551. The lowest BCUT2D eigenvalue weighted by Gasteiger charge is -2.09. The number of halogens is 1. The van der Waals surface area contributed by atoms with Crippen molar-refractivity contribution in [2.75, 3.05) is 11.9 Å². The molecule has 100 valence electrons. The first-order chi connectivity index (χ1) is 9.13. The van der Waals surface area contributed by atoms with Crippen molar-refractivity contribution in [3.63, 3.8) is 0 Å². The van der Waals surface area contributed by atoms with Gasteiger partial charge in [0.05, 0.1) is 3.79 Å². The van der Waals surface area contributed by atoms with E-state index in [0.29, 0.717) is 5.11 Å². The average molecular weight is 356 g/mol. The largest absolute Gasteiger partial charge is 0.362 e. The first kappa shape index (κ1) is 14.4. The standard InChI is InChI=1S/C13H14BrN3S2/c1-9-2-5-12(16-8-9)17-13(18)15-7-6-10-3-4-11(14)19-10/h2-5,8H,6-7H2,1H3,(H2,15,16,17,18). The highest BCUT2D eigenvalue weighted by Crippen LogP contribution is 2.22. The summed E-state index contributed by atoms with van der Waals surface area (Å²) in [6.07, 6.45) is 2.77. The minimum atomic E-state index is 0.604. The van der Waals surface area contributed by atoms with E-state index in [1.54, 1.807) is 11.3 Å². The summed E-state index contributed by atoms with van der Waals surface area (Å²) in [7, 11) is 0. The summed E-state index contributed by atoms with van der Waals surface area (Å²) in [5, 5.41) is 6.84. The number of nitrogens with zero attached hydrogens (tertiary/aromatic N) is 1. The van der Waals surface area contributed by atoms with Crippen LogP contribution in [0.2, 0.25) is 0 Å². The molecule has 0 aliphatic heterocycles. The summed E-state index contributed by atoms with van der Waals surface area (Å²) < 4.78 is 1.16. The second kappa shape index (κ2) is 6.98. The van der Waals surface area contributed by atoms with Crippen molar-refractivity contribution >= 4 is 50.4 Å². The van der Waals surface area contributed by atoms with Gasteiger partial charge in [0.25, 0.3) is 0 Å². The lowest BCUT2D eigenvalue weighted by molar-refractivity contribution is 0.884. The highest BCUT2D eigenvalue weighted by Gasteiger charge is 2.00. The van der Waals surface area contributed by atoms with Crippen molar-refractivity contribution in [1.82, 2.24) is 10.3 Å². The molecule has 0 radical (unpaired) electrons. The van der Waals surface area contributed by atoms with Crippen LogP contribution in [0.1, 0.15) is 10.4 Å². The molecule has 0 fully saturated rings. The summed E-state index contributed by atoms with van der Waals surface area (Å²) in [6.45, 7) is 2.82. The van der Waals surface area contributed by atoms with Gasteiger partial charge in [0.2, 0.25) is 0 Å². The van der Waals surface area contributed by atoms with Gasteiger partial charge in [0.1, 0.15) is 5.82 Å². The minimum Gasteiger partial charge on any atom is -0.362 e. The molecule has 0 spiro atoms. The van der Waals surface area contributed by atoms with Gasteiger partial charge in [-0.3, -0.25) is 0 Å². The third-order valence-electron chi connectivity index (χ3n) is 2.44. The van der Waals surface area contributed by atoms with E-state index < -0.39 is 0 Å². The molecule has 0 aromatic carbocycles. The van der Waals surface area contributed by atoms with Crippen LogP contribution in [0.15, 0.2) is 34.2 Å². The van der Waals surface area contributed by atoms with E-state index in [1.165, 1.54) is 4.88 Å². The van der Waals surface area contributed by atoms with Crippen LogP contribution in [-0.4, -0.2) is 16.6 Å². The first-order valence-corrected chi connectivity index (χ1v) is 7.87. The molecule has 0 bridgehead atoms. The predicted octanol–water partition coefficient (Wildman–Crippen LogP) is 3.74. The Morgan fingerprint density at radius 3 is 2.84 bits per heavy atom. The summed E-state index contributed by atoms with van der Waals surface area (Å²) in [6, 6.07) is 8.10. The normalized spacial score (nSPS) is 10.2. The molecular formula is C13H14BrN3S2. The van der Waals surface area contributed by atoms with E-state index in [1.807, 2.05) is 25.3 Å². The lowest BCUT2D eigenvalue weighted by Crippen LogP contribution is -2.30. The molecule has 0 amide bonds. The molecule has 0 aliphatic rings. The number of thiophene rings is 1. The zero-order chi connectivity index (χ0) is 13.7. The van der Waals surface area contributed by atoms with E-state index in [0.717, 1.165) is 28.1 Å². The van der Waals surface area contributed by atoms with Crippen molar-refractivity contribution in [3.05, 3.63) is 44.7 Å². The Morgan fingerprint density at radius 1 is 1.37 bits per heavy atom. The van der Waals surface area contributed by atoms with Crippen LogP contribution in [0, 0.1) is 6.92 Å². The number of anilines is 1. The maximum Gasteiger partial charge on any atom is 0.171 e. The molecule has 2 rings (SSSR count). The molecule has 6 heteroatoms. The molecule has 0 unspecified atom stereocenters. The van der Waals surface area contributed by atoms with E-state index in [4.69, 9.17) is 12.2 Å². The molecule has 0 aliphatic carbocycles. The van der Waals surface area contributed by atoms with Crippen LogP contribution in [0.4, 0.5) is 5.82 Å². The van der Waals surface area contributed by atoms with Crippen LogP contribution in [0.3, 0.4) is 0 Å². The molecule has 19 heavy (non-hydrogen) atoms. The van der Waals surface area contributed by atoms with Gasteiger partial charge in [-0.25, -0.2) is 4.98 Å². The molecule has 2 N–H and O–H groups in total. The fraction of sp³-hybridized carbons (Fsp3) is 0.231. The highest BCUT2D eigenvalue weighted by molar-refractivity contribution is 9.11. The third kappa shape index (κ3) is 4.89. The van der Waals surface area contributed by atoms with Crippen molar-refractivity contribution in [3.8, 4) is 0 Å². The zero-order valence-corrected chi connectivity index (χ0v) is 13.7. The van der Waals surface area contributed by atoms with Gasteiger partial charge in [-0.15, -0.1) is 11.3 Å². The lowest BCUT2D eigenvalue weighted by atomic mass is 10.3. The highest BCUT2D eigenvalue weighted by atomic mass is 79.9. The van der Waals surface area contributed by atoms with E-state index in [2.05, 4.69) is 43.7 Å². The maximum absolute atomic E-state index is 5.22. The van der Waals surface area contributed by atoms with Crippen LogP contribution in [0.25, 0.3) is 0 Å². The van der Waals surface area contributed by atoms with Crippen molar-refractivity contribution in [2.24, 2.45) is 0 Å². The maximum atomic E-state index is 5.22. The summed E-state index contributed by atoms with van der Waals surface area (Å²) in [5.74, 6) is 0.766. The SMILES string of the molecule is Cc1ccc(NC(=S)NCCc2ccc(Br)s2)nc1. The number of hydrogen-bond acceptors (Lipinski definition) is 3. The molecule has 3 nitrogen and oxygen atoms in total. The molecule has 0 atom stereocenters. The quantitative estimate of drug-likeness (QED) is 0.819. The fourth-order valence-corrected chi connectivity index (χ4v) is 3.18. The van der Waals surface area contributed by atoms with Gasteiger partial charge in [0, 0.05) is 17.6 Å².